The van der Waals surface area contributed by atoms with Crippen LogP contribution in [0.1, 0.15) is 40.5 Å². The standard InChI is InChI=1S/C12H23NO2/c1-5-7-8-9(13)11-10(6-2)14-12(3,4)15-11/h7-11H,5-6,13H2,1-4H3/b8-7-/t9-,10+,11-/m0/s1. The maximum Gasteiger partial charge on any atom is 0.163 e. The second-order valence-corrected chi connectivity index (χ2v) is 4.46. The fourth-order valence-corrected chi connectivity index (χ4v) is 1.91. The van der Waals surface area contributed by atoms with E-state index < -0.39 is 5.79 Å². The van der Waals surface area contributed by atoms with Crippen LogP contribution in [0.4, 0.5) is 0 Å². The summed E-state index contributed by atoms with van der Waals surface area (Å²) in [5, 5.41) is 0. The van der Waals surface area contributed by atoms with Crippen molar-refractivity contribution >= 4 is 0 Å². The Hall–Kier alpha value is -0.380. The number of rotatable bonds is 4. The van der Waals surface area contributed by atoms with Crippen LogP contribution in [0.5, 0.6) is 0 Å². The van der Waals surface area contributed by atoms with Crippen LogP contribution in [0, 0.1) is 0 Å². The number of hydrogen-bond acceptors (Lipinski definition) is 3. The Morgan fingerprint density at radius 1 is 1.33 bits per heavy atom. The van der Waals surface area contributed by atoms with Gasteiger partial charge in [0, 0.05) is 0 Å². The first-order valence-electron chi connectivity index (χ1n) is 5.78. The van der Waals surface area contributed by atoms with Crippen molar-refractivity contribution < 1.29 is 9.47 Å². The SMILES string of the molecule is CC/C=C\[C@H](N)[C@@H]1OC(C)(C)O[C@@H]1CC. The molecule has 0 aromatic carbocycles. The fraction of sp³-hybridized carbons (Fsp3) is 0.833. The Labute approximate surface area is 92.6 Å². The molecule has 3 heteroatoms. The summed E-state index contributed by atoms with van der Waals surface area (Å²) in [6, 6.07) is -0.0725. The van der Waals surface area contributed by atoms with Crippen molar-refractivity contribution in [2.75, 3.05) is 0 Å². The van der Waals surface area contributed by atoms with Crippen molar-refractivity contribution in [3.63, 3.8) is 0 Å². The molecule has 0 aliphatic carbocycles. The van der Waals surface area contributed by atoms with Gasteiger partial charge in [0.1, 0.15) is 6.10 Å². The highest BCUT2D eigenvalue weighted by atomic mass is 16.8. The highest BCUT2D eigenvalue weighted by Gasteiger charge is 2.42. The molecule has 1 aliphatic heterocycles. The third kappa shape index (κ3) is 3.30. The van der Waals surface area contributed by atoms with Gasteiger partial charge in [-0.15, -0.1) is 0 Å². The first-order chi connectivity index (χ1) is 7.00. The molecule has 1 rings (SSSR count). The van der Waals surface area contributed by atoms with E-state index in [1.807, 2.05) is 19.9 Å². The molecule has 0 bridgehead atoms. The highest BCUT2D eigenvalue weighted by molar-refractivity contribution is 5.00. The second-order valence-electron chi connectivity index (χ2n) is 4.46. The van der Waals surface area contributed by atoms with Gasteiger partial charge in [-0.2, -0.15) is 0 Å². The Morgan fingerprint density at radius 3 is 2.53 bits per heavy atom. The maximum absolute atomic E-state index is 6.06. The summed E-state index contributed by atoms with van der Waals surface area (Å²) >= 11 is 0. The van der Waals surface area contributed by atoms with Gasteiger partial charge in [0.25, 0.3) is 0 Å². The van der Waals surface area contributed by atoms with Crippen LogP contribution in [0.2, 0.25) is 0 Å². The summed E-state index contributed by atoms with van der Waals surface area (Å²) in [7, 11) is 0. The number of hydrogen-bond donors (Lipinski definition) is 1. The van der Waals surface area contributed by atoms with Crippen molar-refractivity contribution in [1.82, 2.24) is 0 Å². The minimum Gasteiger partial charge on any atom is -0.345 e. The molecule has 0 aromatic rings. The lowest BCUT2D eigenvalue weighted by molar-refractivity contribution is -0.147. The Bertz CT molecular complexity index is 226. The van der Waals surface area contributed by atoms with Gasteiger partial charge >= 0.3 is 0 Å². The molecule has 1 aliphatic rings. The van der Waals surface area contributed by atoms with Gasteiger partial charge in [-0.1, -0.05) is 26.0 Å². The van der Waals surface area contributed by atoms with Gasteiger partial charge in [-0.3, -0.25) is 0 Å². The molecule has 0 aromatic heterocycles. The molecule has 1 fully saturated rings. The van der Waals surface area contributed by atoms with Crippen LogP contribution in [-0.4, -0.2) is 24.0 Å². The molecule has 88 valence electrons. The van der Waals surface area contributed by atoms with Crippen LogP contribution >= 0.6 is 0 Å². The predicted octanol–water partition coefficient (Wildman–Crippen LogP) is 2.21. The molecule has 2 N–H and O–H groups in total. The molecule has 0 radical (unpaired) electrons. The average molecular weight is 213 g/mol. The summed E-state index contributed by atoms with van der Waals surface area (Å²) in [6.45, 7) is 8.06. The summed E-state index contributed by atoms with van der Waals surface area (Å²) in [4.78, 5) is 0. The largest absolute Gasteiger partial charge is 0.345 e. The molecular weight excluding hydrogens is 190 g/mol. The van der Waals surface area contributed by atoms with E-state index in [1.165, 1.54) is 0 Å². The topological polar surface area (TPSA) is 44.5 Å². The molecule has 0 unspecified atom stereocenters. The van der Waals surface area contributed by atoms with E-state index in [2.05, 4.69) is 19.9 Å². The third-order valence-corrected chi connectivity index (χ3v) is 2.60. The molecule has 0 saturated carbocycles. The van der Waals surface area contributed by atoms with E-state index in [4.69, 9.17) is 15.2 Å². The molecule has 15 heavy (non-hydrogen) atoms. The van der Waals surface area contributed by atoms with E-state index in [-0.39, 0.29) is 18.2 Å². The van der Waals surface area contributed by atoms with Crippen molar-refractivity contribution in [2.24, 2.45) is 5.73 Å². The van der Waals surface area contributed by atoms with E-state index in [0.717, 1.165) is 12.8 Å². The van der Waals surface area contributed by atoms with Crippen molar-refractivity contribution in [1.29, 1.82) is 0 Å². The number of ether oxygens (including phenoxy) is 2. The van der Waals surface area contributed by atoms with E-state index in [0.29, 0.717) is 0 Å². The Morgan fingerprint density at radius 2 is 2.00 bits per heavy atom. The summed E-state index contributed by atoms with van der Waals surface area (Å²) in [5.41, 5.74) is 6.06. The number of nitrogens with two attached hydrogens (primary N) is 1. The van der Waals surface area contributed by atoms with Crippen LogP contribution in [0.3, 0.4) is 0 Å². The molecule has 0 spiro atoms. The zero-order valence-electron chi connectivity index (χ0n) is 10.2. The van der Waals surface area contributed by atoms with Crippen LogP contribution in [0.15, 0.2) is 12.2 Å². The Kier molecular flexibility index (Phi) is 4.32. The zero-order valence-corrected chi connectivity index (χ0v) is 10.2. The summed E-state index contributed by atoms with van der Waals surface area (Å²) in [6.07, 6.45) is 6.11. The smallest absolute Gasteiger partial charge is 0.163 e. The van der Waals surface area contributed by atoms with Gasteiger partial charge in [0.15, 0.2) is 5.79 Å². The second kappa shape index (κ2) is 5.10. The Balaban J connectivity index is 2.63. The zero-order chi connectivity index (χ0) is 11.5. The lowest BCUT2D eigenvalue weighted by Gasteiger charge is -2.20. The molecule has 1 heterocycles. The minimum atomic E-state index is -0.497. The lowest BCUT2D eigenvalue weighted by atomic mass is 10.0. The van der Waals surface area contributed by atoms with E-state index in [1.54, 1.807) is 0 Å². The monoisotopic (exact) mass is 213 g/mol. The van der Waals surface area contributed by atoms with Crippen molar-refractivity contribution in [3.05, 3.63) is 12.2 Å². The predicted molar refractivity (Wildman–Crippen MR) is 61.5 cm³/mol. The summed E-state index contributed by atoms with van der Waals surface area (Å²) in [5.74, 6) is -0.497. The van der Waals surface area contributed by atoms with Crippen LogP contribution in [0.25, 0.3) is 0 Å². The summed E-state index contributed by atoms with van der Waals surface area (Å²) < 4.78 is 11.6. The highest BCUT2D eigenvalue weighted by Crippen LogP contribution is 2.31. The van der Waals surface area contributed by atoms with E-state index in [9.17, 15) is 0 Å². The fourth-order valence-electron chi connectivity index (χ4n) is 1.91. The van der Waals surface area contributed by atoms with Crippen LogP contribution < -0.4 is 5.73 Å². The van der Waals surface area contributed by atoms with Crippen LogP contribution in [-0.2, 0) is 9.47 Å². The van der Waals surface area contributed by atoms with Crippen molar-refractivity contribution in [3.8, 4) is 0 Å². The average Bonchev–Trinajstić information content (AvgIpc) is 2.50. The lowest BCUT2D eigenvalue weighted by Crippen LogP contribution is -2.40. The van der Waals surface area contributed by atoms with Gasteiger partial charge in [-0.05, 0) is 26.7 Å². The molecule has 3 nitrogen and oxygen atoms in total. The third-order valence-electron chi connectivity index (χ3n) is 2.60. The first kappa shape index (κ1) is 12.7. The molecule has 0 amide bonds. The normalized spacial score (nSPS) is 32.3. The maximum atomic E-state index is 6.06. The molecular formula is C12H23NO2. The van der Waals surface area contributed by atoms with Gasteiger partial charge in [0.2, 0.25) is 0 Å². The number of allylic oxidation sites excluding steroid dienone is 1. The van der Waals surface area contributed by atoms with Gasteiger partial charge in [-0.25, -0.2) is 0 Å². The van der Waals surface area contributed by atoms with E-state index >= 15 is 0 Å². The molecule has 3 atom stereocenters. The van der Waals surface area contributed by atoms with Crippen molar-refractivity contribution in [2.45, 2.75) is 64.6 Å². The minimum absolute atomic E-state index is 0.0206. The van der Waals surface area contributed by atoms with Gasteiger partial charge in [0.05, 0.1) is 12.1 Å². The first-order valence-corrected chi connectivity index (χ1v) is 5.78. The molecule has 1 saturated heterocycles. The quantitative estimate of drug-likeness (QED) is 0.728. The van der Waals surface area contributed by atoms with Gasteiger partial charge < -0.3 is 15.2 Å².